The quantitative estimate of drug-likeness (QED) is 0.513. The second-order valence-electron chi connectivity index (χ2n) is 7.13. The fraction of sp³-hybridized carbons (Fsp3) is 0.286. The standard InChI is InChI=1S/C21H19FN4O2S/c22-15-4-3-7-18-20(15)24-21(29-18)28-14-8-10-25(11-9-14)19(27)12-26-13-23-16-5-1-2-6-17(16)26/h1-7,13-14H,8-12H2. The molecule has 1 amide bonds. The number of piperidine rings is 1. The summed E-state index contributed by atoms with van der Waals surface area (Å²) in [6, 6.07) is 12.7. The molecule has 0 radical (unpaired) electrons. The summed E-state index contributed by atoms with van der Waals surface area (Å²) in [5, 5.41) is 0.486. The number of imidazole rings is 1. The molecule has 3 heterocycles. The van der Waals surface area contributed by atoms with Crippen molar-refractivity contribution in [2.24, 2.45) is 0 Å². The van der Waals surface area contributed by atoms with Crippen LogP contribution < -0.4 is 4.74 Å². The fourth-order valence-electron chi connectivity index (χ4n) is 3.69. The zero-order valence-corrected chi connectivity index (χ0v) is 16.4. The number of thiazole rings is 1. The number of fused-ring (bicyclic) bond motifs is 2. The molecule has 0 aliphatic carbocycles. The van der Waals surface area contributed by atoms with Gasteiger partial charge in [-0.05, 0) is 24.3 Å². The molecule has 0 spiro atoms. The van der Waals surface area contributed by atoms with Crippen LogP contribution in [-0.4, -0.2) is 44.5 Å². The van der Waals surface area contributed by atoms with E-state index in [1.165, 1.54) is 17.4 Å². The summed E-state index contributed by atoms with van der Waals surface area (Å²) >= 11 is 1.35. The normalized spacial score (nSPS) is 15.3. The number of aromatic nitrogens is 3. The summed E-state index contributed by atoms with van der Waals surface area (Å²) in [6.07, 6.45) is 3.16. The molecule has 1 aliphatic rings. The highest BCUT2D eigenvalue weighted by molar-refractivity contribution is 7.20. The van der Waals surface area contributed by atoms with Crippen molar-refractivity contribution in [2.45, 2.75) is 25.5 Å². The Morgan fingerprint density at radius 3 is 2.83 bits per heavy atom. The van der Waals surface area contributed by atoms with Crippen molar-refractivity contribution in [3.63, 3.8) is 0 Å². The monoisotopic (exact) mass is 410 g/mol. The smallest absolute Gasteiger partial charge is 0.274 e. The third-order valence-corrected chi connectivity index (χ3v) is 6.16. The van der Waals surface area contributed by atoms with Gasteiger partial charge in [-0.15, -0.1) is 0 Å². The molecule has 4 aromatic rings. The van der Waals surface area contributed by atoms with Crippen LogP contribution in [-0.2, 0) is 11.3 Å². The van der Waals surface area contributed by atoms with Gasteiger partial charge in [0.1, 0.15) is 24.0 Å². The molecule has 8 heteroatoms. The van der Waals surface area contributed by atoms with Crippen LogP contribution in [0.25, 0.3) is 21.3 Å². The second kappa shape index (κ2) is 7.44. The highest BCUT2D eigenvalue weighted by atomic mass is 32.1. The third-order valence-electron chi connectivity index (χ3n) is 5.25. The van der Waals surface area contributed by atoms with E-state index in [-0.39, 0.29) is 24.4 Å². The van der Waals surface area contributed by atoms with Crippen LogP contribution in [0.3, 0.4) is 0 Å². The minimum atomic E-state index is -0.332. The number of hydrogen-bond donors (Lipinski definition) is 0. The molecule has 29 heavy (non-hydrogen) atoms. The molecule has 148 valence electrons. The SMILES string of the molecule is O=C(Cn1cnc2ccccc21)N1CCC(Oc2nc3c(F)cccc3s2)CC1. The Hall–Kier alpha value is -3.00. The molecule has 2 aromatic heterocycles. The molecule has 6 nitrogen and oxygen atoms in total. The minimum absolute atomic E-state index is 0.0169. The zero-order valence-electron chi connectivity index (χ0n) is 15.6. The van der Waals surface area contributed by atoms with Gasteiger partial charge in [-0.3, -0.25) is 4.79 Å². The Kier molecular flexibility index (Phi) is 4.63. The first-order valence-corrected chi connectivity index (χ1v) is 10.4. The van der Waals surface area contributed by atoms with Crippen molar-refractivity contribution in [3.8, 4) is 5.19 Å². The summed E-state index contributed by atoms with van der Waals surface area (Å²) < 4.78 is 22.4. The van der Waals surface area contributed by atoms with E-state index < -0.39 is 0 Å². The summed E-state index contributed by atoms with van der Waals surface area (Å²) in [5.41, 5.74) is 2.20. The zero-order chi connectivity index (χ0) is 19.8. The van der Waals surface area contributed by atoms with Gasteiger partial charge >= 0.3 is 0 Å². The Morgan fingerprint density at radius 1 is 1.17 bits per heavy atom. The van der Waals surface area contributed by atoms with Crippen molar-refractivity contribution in [2.75, 3.05) is 13.1 Å². The number of carbonyl (C=O) groups excluding carboxylic acids is 1. The maximum Gasteiger partial charge on any atom is 0.274 e. The average Bonchev–Trinajstić information content (AvgIpc) is 3.33. The summed E-state index contributed by atoms with van der Waals surface area (Å²) in [7, 11) is 0. The second-order valence-corrected chi connectivity index (χ2v) is 8.12. The first-order chi connectivity index (χ1) is 14.2. The Morgan fingerprint density at radius 2 is 2.00 bits per heavy atom. The number of benzene rings is 2. The molecule has 0 atom stereocenters. The van der Waals surface area contributed by atoms with Crippen LogP contribution in [0.5, 0.6) is 5.19 Å². The van der Waals surface area contributed by atoms with Crippen molar-refractivity contribution >= 4 is 38.5 Å². The minimum Gasteiger partial charge on any atom is -0.467 e. The van der Waals surface area contributed by atoms with Crippen molar-refractivity contribution in [3.05, 3.63) is 54.6 Å². The average molecular weight is 410 g/mol. The van der Waals surface area contributed by atoms with Crippen LogP contribution in [0.4, 0.5) is 4.39 Å². The van der Waals surface area contributed by atoms with E-state index in [0.29, 0.717) is 23.8 Å². The molecule has 1 aliphatic heterocycles. The van der Waals surface area contributed by atoms with Gasteiger partial charge in [-0.2, -0.15) is 4.98 Å². The Bertz CT molecular complexity index is 1180. The van der Waals surface area contributed by atoms with Gasteiger partial charge in [0.05, 0.1) is 22.1 Å². The lowest BCUT2D eigenvalue weighted by atomic mass is 10.1. The van der Waals surface area contributed by atoms with Gasteiger partial charge in [0.25, 0.3) is 5.19 Å². The molecule has 0 N–H and O–H groups in total. The highest BCUT2D eigenvalue weighted by Gasteiger charge is 2.25. The van der Waals surface area contributed by atoms with E-state index in [9.17, 15) is 9.18 Å². The topological polar surface area (TPSA) is 60.2 Å². The number of amides is 1. The van der Waals surface area contributed by atoms with Crippen molar-refractivity contribution in [1.29, 1.82) is 0 Å². The predicted molar refractivity (Wildman–Crippen MR) is 110 cm³/mol. The van der Waals surface area contributed by atoms with Gasteiger partial charge in [0, 0.05) is 25.9 Å². The molecule has 0 unspecified atom stereocenters. The number of nitrogens with zero attached hydrogens (tertiary/aromatic N) is 4. The van der Waals surface area contributed by atoms with Gasteiger partial charge in [-0.25, -0.2) is 9.37 Å². The Balaban J connectivity index is 1.19. The third kappa shape index (κ3) is 3.55. The van der Waals surface area contributed by atoms with Crippen molar-refractivity contribution in [1.82, 2.24) is 19.4 Å². The van der Waals surface area contributed by atoms with Crippen LogP contribution in [0.1, 0.15) is 12.8 Å². The van der Waals surface area contributed by atoms with E-state index in [1.807, 2.05) is 39.8 Å². The van der Waals surface area contributed by atoms with Crippen LogP contribution >= 0.6 is 11.3 Å². The van der Waals surface area contributed by atoms with Gasteiger partial charge in [-0.1, -0.05) is 29.5 Å². The molecule has 1 saturated heterocycles. The highest BCUT2D eigenvalue weighted by Crippen LogP contribution is 2.31. The maximum atomic E-state index is 13.8. The van der Waals surface area contributed by atoms with E-state index in [0.717, 1.165) is 28.6 Å². The fourth-order valence-corrected chi connectivity index (χ4v) is 4.59. The molecule has 5 rings (SSSR count). The molecule has 0 bridgehead atoms. The number of carbonyl (C=O) groups is 1. The lowest BCUT2D eigenvalue weighted by Gasteiger charge is -2.31. The first kappa shape index (κ1) is 18.1. The van der Waals surface area contributed by atoms with E-state index in [1.54, 1.807) is 12.4 Å². The van der Waals surface area contributed by atoms with Crippen LogP contribution in [0.2, 0.25) is 0 Å². The lowest BCUT2D eigenvalue weighted by molar-refractivity contribution is -0.133. The largest absolute Gasteiger partial charge is 0.467 e. The summed E-state index contributed by atoms with van der Waals surface area (Å²) in [6.45, 7) is 1.55. The maximum absolute atomic E-state index is 13.8. The summed E-state index contributed by atoms with van der Waals surface area (Å²) in [5.74, 6) is -0.255. The molecule has 2 aromatic carbocycles. The van der Waals surface area contributed by atoms with E-state index >= 15 is 0 Å². The molecule has 1 fully saturated rings. The first-order valence-electron chi connectivity index (χ1n) is 9.57. The molecular weight excluding hydrogens is 391 g/mol. The van der Waals surface area contributed by atoms with Gasteiger partial charge in [0.2, 0.25) is 5.91 Å². The number of likely N-dealkylation sites (tertiary alicyclic amines) is 1. The van der Waals surface area contributed by atoms with Gasteiger partial charge < -0.3 is 14.2 Å². The predicted octanol–water partition coefficient (Wildman–Crippen LogP) is 3.86. The van der Waals surface area contributed by atoms with Gasteiger partial charge in [0.15, 0.2) is 0 Å². The number of hydrogen-bond acceptors (Lipinski definition) is 5. The van der Waals surface area contributed by atoms with E-state index in [4.69, 9.17) is 4.74 Å². The molecular formula is C21H19FN4O2S. The number of ether oxygens (including phenoxy) is 1. The van der Waals surface area contributed by atoms with E-state index in [2.05, 4.69) is 9.97 Å². The van der Waals surface area contributed by atoms with Crippen LogP contribution in [0, 0.1) is 5.82 Å². The Labute approximate surface area is 170 Å². The number of para-hydroxylation sites is 3. The number of halogens is 1. The lowest BCUT2D eigenvalue weighted by Crippen LogP contribution is -2.43. The molecule has 0 saturated carbocycles. The van der Waals surface area contributed by atoms with Crippen molar-refractivity contribution < 1.29 is 13.9 Å². The summed E-state index contributed by atoms with van der Waals surface area (Å²) in [4.78, 5) is 23.2. The number of rotatable bonds is 4. The van der Waals surface area contributed by atoms with Crippen LogP contribution in [0.15, 0.2) is 48.8 Å².